The summed E-state index contributed by atoms with van der Waals surface area (Å²) in [5, 5.41) is 19.0. The topological polar surface area (TPSA) is 87.5 Å². The van der Waals surface area contributed by atoms with Crippen molar-refractivity contribution in [2.24, 2.45) is 0 Å². The van der Waals surface area contributed by atoms with Gasteiger partial charge in [0, 0.05) is 10.9 Å². The summed E-state index contributed by atoms with van der Waals surface area (Å²) in [5.41, 5.74) is 2.31. The lowest BCUT2D eigenvalue weighted by Crippen LogP contribution is -2.05. The monoisotopic (exact) mass is 307 g/mol. The normalized spacial score (nSPS) is 10.6. The van der Waals surface area contributed by atoms with Crippen LogP contribution in [0.3, 0.4) is 0 Å². The first-order valence-corrected chi connectivity index (χ1v) is 6.99. The van der Waals surface area contributed by atoms with Crippen molar-refractivity contribution in [1.82, 2.24) is 4.98 Å². The number of aromatic carboxylic acids is 1. The Hall–Kier alpha value is -3.21. The highest BCUT2D eigenvalue weighted by molar-refractivity contribution is 6.05. The number of rotatable bonds is 4. The minimum Gasteiger partial charge on any atom is -0.481 e. The van der Waals surface area contributed by atoms with Crippen molar-refractivity contribution in [1.29, 1.82) is 0 Å². The molecule has 0 aliphatic carbocycles. The molecule has 3 rings (SSSR count). The van der Waals surface area contributed by atoms with E-state index < -0.39 is 11.9 Å². The van der Waals surface area contributed by atoms with Gasteiger partial charge in [0.25, 0.3) is 0 Å². The van der Waals surface area contributed by atoms with Gasteiger partial charge in [-0.15, -0.1) is 0 Å². The Morgan fingerprint density at radius 1 is 0.957 bits per heavy atom. The summed E-state index contributed by atoms with van der Waals surface area (Å²) in [5.74, 6) is -2.05. The molecule has 0 saturated carbocycles. The number of nitrogens with zero attached hydrogens (tertiary/aromatic N) is 1. The van der Waals surface area contributed by atoms with E-state index in [0.29, 0.717) is 22.2 Å². The van der Waals surface area contributed by atoms with Crippen LogP contribution in [0.1, 0.15) is 15.9 Å². The number of carboxylic acid groups (broad SMARTS) is 2. The lowest BCUT2D eigenvalue weighted by Gasteiger charge is -2.10. The van der Waals surface area contributed by atoms with Crippen LogP contribution < -0.4 is 0 Å². The second-order valence-electron chi connectivity index (χ2n) is 5.11. The van der Waals surface area contributed by atoms with E-state index in [1.807, 2.05) is 30.3 Å². The molecule has 1 aromatic heterocycles. The van der Waals surface area contributed by atoms with Crippen molar-refractivity contribution >= 4 is 22.8 Å². The Labute approximate surface area is 131 Å². The minimum absolute atomic E-state index is 0.112. The molecule has 0 radical (unpaired) electrons. The molecule has 114 valence electrons. The molecule has 0 bridgehead atoms. The summed E-state index contributed by atoms with van der Waals surface area (Å²) in [7, 11) is 0. The lowest BCUT2D eigenvalue weighted by molar-refractivity contribution is -0.136. The highest BCUT2D eigenvalue weighted by Crippen LogP contribution is 2.27. The summed E-state index contributed by atoms with van der Waals surface area (Å²) in [4.78, 5) is 27.1. The maximum atomic E-state index is 11.6. The standard InChI is InChI=1S/C18H13NO4/c20-16(21)9-12-7-4-8-13-14(18(22)23)10-15(19-17(12)13)11-5-2-1-3-6-11/h1-8,10H,9H2,(H,20,21)(H,22,23). The van der Waals surface area contributed by atoms with Gasteiger partial charge in [-0.05, 0) is 11.6 Å². The molecule has 2 N–H and O–H groups in total. The van der Waals surface area contributed by atoms with Crippen LogP contribution >= 0.6 is 0 Å². The van der Waals surface area contributed by atoms with Gasteiger partial charge in [-0.2, -0.15) is 0 Å². The number of hydrogen-bond donors (Lipinski definition) is 2. The number of para-hydroxylation sites is 1. The van der Waals surface area contributed by atoms with Crippen molar-refractivity contribution in [2.75, 3.05) is 0 Å². The Morgan fingerprint density at radius 3 is 2.35 bits per heavy atom. The fraction of sp³-hybridized carbons (Fsp3) is 0.0556. The molecule has 1 heterocycles. The first-order chi connectivity index (χ1) is 11.1. The number of pyridine rings is 1. The van der Waals surface area contributed by atoms with Crippen LogP contribution in [-0.2, 0) is 11.2 Å². The lowest BCUT2D eigenvalue weighted by atomic mass is 10.0. The van der Waals surface area contributed by atoms with Crippen LogP contribution in [0.4, 0.5) is 0 Å². The van der Waals surface area contributed by atoms with Gasteiger partial charge in [-0.3, -0.25) is 4.79 Å². The third kappa shape index (κ3) is 2.89. The van der Waals surface area contributed by atoms with Gasteiger partial charge < -0.3 is 10.2 Å². The number of fused-ring (bicyclic) bond motifs is 1. The first-order valence-electron chi connectivity index (χ1n) is 6.99. The highest BCUT2D eigenvalue weighted by atomic mass is 16.4. The Balaban J connectivity index is 2.32. The van der Waals surface area contributed by atoms with Crippen molar-refractivity contribution in [3.8, 4) is 11.3 Å². The van der Waals surface area contributed by atoms with Crippen molar-refractivity contribution in [3.63, 3.8) is 0 Å². The Morgan fingerprint density at radius 2 is 1.70 bits per heavy atom. The number of benzene rings is 2. The Kier molecular flexibility index (Phi) is 3.76. The predicted molar refractivity (Wildman–Crippen MR) is 85.5 cm³/mol. The largest absolute Gasteiger partial charge is 0.481 e. The molecular formula is C18H13NO4. The summed E-state index contributed by atoms with van der Waals surface area (Å²) in [6, 6.07) is 15.7. The number of aliphatic carboxylic acids is 1. The molecule has 3 aromatic rings. The van der Waals surface area contributed by atoms with Gasteiger partial charge in [-0.1, -0.05) is 48.5 Å². The van der Waals surface area contributed by atoms with Crippen molar-refractivity contribution in [3.05, 3.63) is 65.7 Å². The summed E-state index contributed by atoms with van der Waals surface area (Å²) >= 11 is 0. The molecule has 0 spiro atoms. The molecule has 23 heavy (non-hydrogen) atoms. The fourth-order valence-corrected chi connectivity index (χ4v) is 2.55. The second kappa shape index (κ2) is 5.88. The summed E-state index contributed by atoms with van der Waals surface area (Å²) in [6.45, 7) is 0. The second-order valence-corrected chi connectivity index (χ2v) is 5.11. The van der Waals surface area contributed by atoms with E-state index >= 15 is 0 Å². The molecule has 0 atom stereocenters. The van der Waals surface area contributed by atoms with E-state index in [4.69, 9.17) is 5.11 Å². The number of hydrogen-bond acceptors (Lipinski definition) is 3. The SMILES string of the molecule is O=C(O)Cc1cccc2c(C(=O)O)cc(-c3ccccc3)nc12. The van der Waals surface area contributed by atoms with E-state index in [1.165, 1.54) is 6.07 Å². The highest BCUT2D eigenvalue weighted by Gasteiger charge is 2.16. The van der Waals surface area contributed by atoms with Crippen LogP contribution in [0.2, 0.25) is 0 Å². The third-order valence-electron chi connectivity index (χ3n) is 3.56. The molecule has 0 saturated heterocycles. The average molecular weight is 307 g/mol. The molecule has 0 amide bonds. The van der Waals surface area contributed by atoms with Gasteiger partial charge in [0.05, 0.1) is 23.2 Å². The molecular weight excluding hydrogens is 294 g/mol. The summed E-state index contributed by atoms with van der Waals surface area (Å²) in [6.07, 6.45) is -0.207. The van der Waals surface area contributed by atoms with Gasteiger partial charge in [-0.25, -0.2) is 9.78 Å². The zero-order valence-electron chi connectivity index (χ0n) is 12.1. The third-order valence-corrected chi connectivity index (χ3v) is 3.56. The molecule has 5 heteroatoms. The predicted octanol–water partition coefficient (Wildman–Crippen LogP) is 3.23. The van der Waals surface area contributed by atoms with E-state index in [0.717, 1.165) is 5.56 Å². The number of carbonyl (C=O) groups is 2. The maximum Gasteiger partial charge on any atom is 0.336 e. The van der Waals surface area contributed by atoms with Crippen molar-refractivity contribution < 1.29 is 19.8 Å². The van der Waals surface area contributed by atoms with Crippen LogP contribution in [0, 0.1) is 0 Å². The van der Waals surface area contributed by atoms with Crippen LogP contribution in [0.25, 0.3) is 22.2 Å². The molecule has 0 aliphatic rings. The van der Waals surface area contributed by atoms with E-state index in [9.17, 15) is 14.7 Å². The van der Waals surface area contributed by atoms with E-state index in [1.54, 1.807) is 18.2 Å². The van der Waals surface area contributed by atoms with Gasteiger partial charge >= 0.3 is 11.9 Å². The molecule has 2 aromatic carbocycles. The summed E-state index contributed by atoms with van der Waals surface area (Å²) < 4.78 is 0. The molecule has 0 fully saturated rings. The smallest absolute Gasteiger partial charge is 0.336 e. The van der Waals surface area contributed by atoms with Gasteiger partial charge in [0.1, 0.15) is 0 Å². The zero-order valence-corrected chi connectivity index (χ0v) is 12.1. The minimum atomic E-state index is -1.07. The quantitative estimate of drug-likeness (QED) is 0.772. The molecule has 0 aliphatic heterocycles. The van der Waals surface area contributed by atoms with Crippen LogP contribution in [0.5, 0.6) is 0 Å². The van der Waals surface area contributed by atoms with Crippen LogP contribution in [-0.4, -0.2) is 27.1 Å². The average Bonchev–Trinajstić information content (AvgIpc) is 2.54. The number of aromatic nitrogens is 1. The van der Waals surface area contributed by atoms with E-state index in [-0.39, 0.29) is 12.0 Å². The van der Waals surface area contributed by atoms with Gasteiger partial charge in [0.2, 0.25) is 0 Å². The van der Waals surface area contributed by atoms with Crippen molar-refractivity contribution in [2.45, 2.75) is 6.42 Å². The maximum absolute atomic E-state index is 11.6. The number of carboxylic acids is 2. The molecule has 5 nitrogen and oxygen atoms in total. The van der Waals surface area contributed by atoms with E-state index in [2.05, 4.69) is 4.98 Å². The zero-order chi connectivity index (χ0) is 16.4. The van der Waals surface area contributed by atoms with Gasteiger partial charge in [0.15, 0.2) is 0 Å². The van der Waals surface area contributed by atoms with Crippen LogP contribution in [0.15, 0.2) is 54.6 Å². The Bertz CT molecular complexity index is 904. The fourth-order valence-electron chi connectivity index (χ4n) is 2.55. The first kappa shape index (κ1) is 14.7. The molecule has 0 unspecified atom stereocenters.